The SMILES string of the molecule is CC(CCNCCc1ccc(Cl)cc1)C(=O)O. The van der Waals surface area contributed by atoms with E-state index in [1.807, 2.05) is 24.3 Å². The molecule has 0 amide bonds. The molecule has 0 saturated heterocycles. The summed E-state index contributed by atoms with van der Waals surface area (Å²) in [5.41, 5.74) is 1.23. The molecule has 0 fully saturated rings. The number of benzene rings is 1. The molecular weight excluding hydrogens is 238 g/mol. The lowest BCUT2D eigenvalue weighted by Gasteiger charge is -2.07. The van der Waals surface area contributed by atoms with E-state index in [2.05, 4.69) is 5.32 Å². The third-order valence-electron chi connectivity index (χ3n) is 2.68. The number of carboxylic acid groups (broad SMARTS) is 1. The van der Waals surface area contributed by atoms with Crippen molar-refractivity contribution in [2.75, 3.05) is 13.1 Å². The first-order valence-electron chi connectivity index (χ1n) is 5.77. The van der Waals surface area contributed by atoms with Crippen molar-refractivity contribution in [2.45, 2.75) is 19.8 Å². The predicted molar refractivity (Wildman–Crippen MR) is 69.4 cm³/mol. The number of carbonyl (C=O) groups is 1. The molecule has 2 N–H and O–H groups in total. The second-order valence-electron chi connectivity index (χ2n) is 4.15. The molecule has 1 rings (SSSR count). The molecule has 0 aliphatic heterocycles. The van der Waals surface area contributed by atoms with Crippen molar-refractivity contribution < 1.29 is 9.90 Å². The Labute approximate surface area is 107 Å². The van der Waals surface area contributed by atoms with Crippen LogP contribution in [0.15, 0.2) is 24.3 Å². The van der Waals surface area contributed by atoms with Crippen molar-refractivity contribution in [2.24, 2.45) is 5.92 Å². The fourth-order valence-electron chi connectivity index (χ4n) is 1.45. The molecule has 0 heterocycles. The molecule has 0 spiro atoms. The number of aliphatic carboxylic acids is 1. The van der Waals surface area contributed by atoms with Gasteiger partial charge in [-0.1, -0.05) is 30.7 Å². The van der Waals surface area contributed by atoms with E-state index in [-0.39, 0.29) is 5.92 Å². The van der Waals surface area contributed by atoms with Gasteiger partial charge in [0.15, 0.2) is 0 Å². The fourth-order valence-corrected chi connectivity index (χ4v) is 1.58. The summed E-state index contributed by atoms with van der Waals surface area (Å²) >= 11 is 5.79. The van der Waals surface area contributed by atoms with E-state index in [0.717, 1.165) is 24.5 Å². The normalized spacial score (nSPS) is 12.4. The lowest BCUT2D eigenvalue weighted by atomic mass is 10.1. The van der Waals surface area contributed by atoms with Crippen molar-refractivity contribution >= 4 is 17.6 Å². The third kappa shape index (κ3) is 5.71. The molecule has 3 nitrogen and oxygen atoms in total. The van der Waals surface area contributed by atoms with Crippen LogP contribution in [0.1, 0.15) is 18.9 Å². The molecular formula is C13H18ClNO2. The molecule has 0 radical (unpaired) electrons. The highest BCUT2D eigenvalue weighted by molar-refractivity contribution is 6.30. The lowest BCUT2D eigenvalue weighted by Crippen LogP contribution is -2.22. The van der Waals surface area contributed by atoms with Crippen LogP contribution in [0.5, 0.6) is 0 Å². The topological polar surface area (TPSA) is 49.3 Å². The Kier molecular flexibility index (Phi) is 6.01. The maximum Gasteiger partial charge on any atom is 0.306 e. The Balaban J connectivity index is 2.12. The summed E-state index contributed by atoms with van der Waals surface area (Å²) in [5, 5.41) is 12.7. The van der Waals surface area contributed by atoms with Crippen LogP contribution in [0, 0.1) is 5.92 Å². The van der Waals surface area contributed by atoms with Crippen LogP contribution < -0.4 is 5.32 Å². The van der Waals surface area contributed by atoms with Crippen LogP contribution in [-0.4, -0.2) is 24.2 Å². The van der Waals surface area contributed by atoms with Gasteiger partial charge in [-0.05, 0) is 43.6 Å². The molecule has 4 heteroatoms. The van der Waals surface area contributed by atoms with Crippen LogP contribution in [0.2, 0.25) is 5.02 Å². The Hall–Kier alpha value is -1.06. The zero-order valence-corrected chi connectivity index (χ0v) is 10.7. The largest absolute Gasteiger partial charge is 0.481 e. The van der Waals surface area contributed by atoms with Gasteiger partial charge in [-0.2, -0.15) is 0 Å². The summed E-state index contributed by atoms with van der Waals surface area (Å²) in [7, 11) is 0. The lowest BCUT2D eigenvalue weighted by molar-refractivity contribution is -0.141. The molecule has 0 aliphatic rings. The molecule has 94 valence electrons. The molecule has 1 aromatic carbocycles. The smallest absolute Gasteiger partial charge is 0.306 e. The van der Waals surface area contributed by atoms with Crippen molar-refractivity contribution in [3.8, 4) is 0 Å². The number of carboxylic acids is 1. The zero-order valence-electron chi connectivity index (χ0n) is 9.95. The number of nitrogens with one attached hydrogen (secondary N) is 1. The van der Waals surface area contributed by atoms with Gasteiger partial charge in [0.25, 0.3) is 0 Å². The van der Waals surface area contributed by atoms with Crippen molar-refractivity contribution in [1.29, 1.82) is 0 Å². The molecule has 1 unspecified atom stereocenters. The van der Waals surface area contributed by atoms with Gasteiger partial charge in [0, 0.05) is 5.02 Å². The van der Waals surface area contributed by atoms with Gasteiger partial charge in [-0.3, -0.25) is 4.79 Å². The predicted octanol–water partition coefficient (Wildman–Crippen LogP) is 2.58. The highest BCUT2D eigenvalue weighted by Gasteiger charge is 2.09. The molecule has 0 saturated carbocycles. The first-order valence-corrected chi connectivity index (χ1v) is 6.15. The maximum atomic E-state index is 10.6. The van der Waals surface area contributed by atoms with Crippen LogP contribution in [0.3, 0.4) is 0 Å². The summed E-state index contributed by atoms with van der Waals surface area (Å²) < 4.78 is 0. The summed E-state index contributed by atoms with van der Waals surface area (Å²) in [5.74, 6) is -1.01. The quantitative estimate of drug-likeness (QED) is 0.737. The fraction of sp³-hybridized carbons (Fsp3) is 0.462. The van der Waals surface area contributed by atoms with E-state index in [0.29, 0.717) is 6.42 Å². The van der Waals surface area contributed by atoms with Gasteiger partial charge in [-0.25, -0.2) is 0 Å². The summed E-state index contributed by atoms with van der Waals surface area (Å²) in [6.45, 7) is 3.32. The van der Waals surface area contributed by atoms with Gasteiger partial charge < -0.3 is 10.4 Å². The van der Waals surface area contributed by atoms with E-state index in [1.165, 1.54) is 5.56 Å². The van der Waals surface area contributed by atoms with Gasteiger partial charge in [0.1, 0.15) is 0 Å². The van der Waals surface area contributed by atoms with E-state index in [9.17, 15) is 4.79 Å². The highest BCUT2D eigenvalue weighted by Crippen LogP contribution is 2.09. The van der Waals surface area contributed by atoms with Crippen LogP contribution in [0.4, 0.5) is 0 Å². The van der Waals surface area contributed by atoms with Crippen molar-refractivity contribution in [3.63, 3.8) is 0 Å². The molecule has 0 aliphatic carbocycles. The Morgan fingerprint density at radius 3 is 2.59 bits per heavy atom. The summed E-state index contributed by atoms with van der Waals surface area (Å²) in [6.07, 6.45) is 1.59. The number of halogens is 1. The van der Waals surface area contributed by atoms with E-state index in [1.54, 1.807) is 6.92 Å². The van der Waals surface area contributed by atoms with E-state index >= 15 is 0 Å². The van der Waals surface area contributed by atoms with Gasteiger partial charge >= 0.3 is 5.97 Å². The monoisotopic (exact) mass is 255 g/mol. The summed E-state index contributed by atoms with van der Waals surface area (Å²) in [6, 6.07) is 7.76. The standard InChI is InChI=1S/C13H18ClNO2/c1-10(13(16)17)6-8-15-9-7-11-2-4-12(14)5-3-11/h2-5,10,15H,6-9H2,1H3,(H,16,17). The average molecular weight is 256 g/mol. The van der Waals surface area contributed by atoms with Gasteiger partial charge in [0.05, 0.1) is 5.92 Å². The molecule has 1 atom stereocenters. The second-order valence-corrected chi connectivity index (χ2v) is 4.59. The van der Waals surface area contributed by atoms with Crippen LogP contribution >= 0.6 is 11.6 Å². The molecule has 0 bridgehead atoms. The van der Waals surface area contributed by atoms with Gasteiger partial charge in [0.2, 0.25) is 0 Å². The molecule has 1 aromatic rings. The first kappa shape index (κ1) is 14.0. The van der Waals surface area contributed by atoms with Crippen LogP contribution in [0.25, 0.3) is 0 Å². The number of hydrogen-bond acceptors (Lipinski definition) is 2. The minimum absolute atomic E-state index is 0.280. The van der Waals surface area contributed by atoms with Gasteiger partial charge in [-0.15, -0.1) is 0 Å². The minimum atomic E-state index is -0.732. The Bertz CT molecular complexity index is 351. The second kappa shape index (κ2) is 7.30. The van der Waals surface area contributed by atoms with E-state index < -0.39 is 5.97 Å². The highest BCUT2D eigenvalue weighted by atomic mass is 35.5. The maximum absolute atomic E-state index is 10.6. The average Bonchev–Trinajstić information content (AvgIpc) is 2.30. The number of rotatable bonds is 7. The Morgan fingerprint density at radius 1 is 1.35 bits per heavy atom. The molecule has 17 heavy (non-hydrogen) atoms. The first-order chi connectivity index (χ1) is 8.09. The van der Waals surface area contributed by atoms with Crippen LogP contribution in [-0.2, 0) is 11.2 Å². The third-order valence-corrected chi connectivity index (χ3v) is 2.93. The van der Waals surface area contributed by atoms with E-state index in [4.69, 9.17) is 16.7 Å². The van der Waals surface area contributed by atoms with Crippen molar-refractivity contribution in [3.05, 3.63) is 34.9 Å². The number of hydrogen-bond donors (Lipinski definition) is 2. The Morgan fingerprint density at radius 2 is 2.00 bits per heavy atom. The minimum Gasteiger partial charge on any atom is -0.481 e. The zero-order chi connectivity index (χ0) is 12.7. The van der Waals surface area contributed by atoms with Crippen molar-refractivity contribution in [1.82, 2.24) is 5.32 Å². The summed E-state index contributed by atoms with van der Waals surface area (Å²) in [4.78, 5) is 10.6. The molecule has 0 aromatic heterocycles.